The molecule has 1 aliphatic heterocycles. The molecular weight excluding hydrogens is 242 g/mol. The second-order valence-corrected chi connectivity index (χ2v) is 5.27. The normalized spacial score (nSPS) is 18.1. The fourth-order valence-electron chi connectivity index (χ4n) is 2.56. The monoisotopic (exact) mass is 263 g/mol. The number of hydrogen-bond donors (Lipinski definition) is 2. The van der Waals surface area contributed by atoms with Crippen molar-refractivity contribution in [3.8, 4) is 0 Å². The highest BCUT2D eigenvalue weighted by molar-refractivity contribution is 5.97. The molecular formula is C15H21NO3. The molecule has 1 amide bonds. The van der Waals surface area contributed by atoms with Crippen LogP contribution < -0.4 is 5.32 Å². The maximum atomic E-state index is 12.5. The lowest BCUT2D eigenvalue weighted by Crippen LogP contribution is -2.54. The van der Waals surface area contributed by atoms with Crippen LogP contribution in [-0.2, 0) is 4.74 Å². The molecule has 1 aliphatic rings. The lowest BCUT2D eigenvalue weighted by molar-refractivity contribution is 0.0125. The van der Waals surface area contributed by atoms with Crippen molar-refractivity contribution in [2.24, 2.45) is 0 Å². The van der Waals surface area contributed by atoms with Crippen molar-refractivity contribution in [1.82, 2.24) is 5.32 Å². The number of aliphatic hydroxyl groups excluding tert-OH is 1. The van der Waals surface area contributed by atoms with E-state index in [1.165, 1.54) is 0 Å². The zero-order valence-electron chi connectivity index (χ0n) is 11.5. The summed E-state index contributed by atoms with van der Waals surface area (Å²) in [4.78, 5) is 12.5. The molecule has 0 aliphatic carbocycles. The molecule has 4 nitrogen and oxygen atoms in total. The van der Waals surface area contributed by atoms with Gasteiger partial charge in [0.15, 0.2) is 0 Å². The number of carbonyl (C=O) groups is 1. The summed E-state index contributed by atoms with van der Waals surface area (Å²) in [6.07, 6.45) is 1.31. The number of carbonyl (C=O) groups excluding carboxylic acids is 1. The molecule has 19 heavy (non-hydrogen) atoms. The Bertz CT molecular complexity index is 444. The summed E-state index contributed by atoms with van der Waals surface area (Å²) >= 11 is 0. The molecule has 0 aromatic heterocycles. The first-order chi connectivity index (χ1) is 9.08. The van der Waals surface area contributed by atoms with Gasteiger partial charge in [-0.3, -0.25) is 4.79 Å². The number of ether oxygens (including phenoxy) is 1. The van der Waals surface area contributed by atoms with Crippen molar-refractivity contribution in [3.05, 3.63) is 34.9 Å². The Morgan fingerprint density at radius 2 is 1.89 bits per heavy atom. The van der Waals surface area contributed by atoms with E-state index < -0.39 is 5.54 Å². The largest absolute Gasteiger partial charge is 0.394 e. The molecule has 0 radical (unpaired) electrons. The standard InChI is InChI=1S/C15H21NO3/c1-11-4-3-5-12(2)13(11)14(18)16-15(10-17)6-8-19-9-7-15/h3-5,17H,6-10H2,1-2H3,(H,16,18). The summed E-state index contributed by atoms with van der Waals surface area (Å²) in [5, 5.41) is 12.6. The highest BCUT2D eigenvalue weighted by Crippen LogP contribution is 2.22. The molecule has 1 aromatic rings. The van der Waals surface area contributed by atoms with Gasteiger partial charge in [0.1, 0.15) is 0 Å². The summed E-state index contributed by atoms with van der Waals surface area (Å²) in [6.45, 7) is 4.96. The molecule has 2 rings (SSSR count). The molecule has 1 aromatic carbocycles. The first kappa shape index (κ1) is 14.0. The maximum absolute atomic E-state index is 12.5. The van der Waals surface area contributed by atoms with Gasteiger partial charge in [-0.15, -0.1) is 0 Å². The van der Waals surface area contributed by atoms with Gasteiger partial charge < -0.3 is 15.2 Å². The molecule has 0 spiro atoms. The van der Waals surface area contributed by atoms with Gasteiger partial charge in [-0.1, -0.05) is 18.2 Å². The predicted molar refractivity (Wildman–Crippen MR) is 73.3 cm³/mol. The van der Waals surface area contributed by atoms with Crippen LogP contribution in [0.25, 0.3) is 0 Å². The van der Waals surface area contributed by atoms with Gasteiger partial charge in [0.2, 0.25) is 0 Å². The second-order valence-electron chi connectivity index (χ2n) is 5.27. The lowest BCUT2D eigenvalue weighted by Gasteiger charge is -2.36. The number of nitrogens with one attached hydrogen (secondary N) is 1. The van der Waals surface area contributed by atoms with Crippen molar-refractivity contribution in [3.63, 3.8) is 0 Å². The summed E-state index contributed by atoms with van der Waals surface area (Å²) in [5.41, 5.74) is 2.08. The van der Waals surface area contributed by atoms with Gasteiger partial charge in [0, 0.05) is 18.8 Å². The molecule has 0 saturated carbocycles. The number of aliphatic hydroxyl groups is 1. The van der Waals surface area contributed by atoms with Gasteiger partial charge in [0.05, 0.1) is 12.1 Å². The molecule has 0 unspecified atom stereocenters. The van der Waals surface area contributed by atoms with Gasteiger partial charge >= 0.3 is 0 Å². The Morgan fingerprint density at radius 1 is 1.32 bits per heavy atom. The average Bonchev–Trinajstić information content (AvgIpc) is 2.39. The Morgan fingerprint density at radius 3 is 2.42 bits per heavy atom. The van der Waals surface area contributed by atoms with Crippen LogP contribution in [0, 0.1) is 13.8 Å². The van der Waals surface area contributed by atoms with Crippen LogP contribution in [0.4, 0.5) is 0 Å². The van der Waals surface area contributed by atoms with Gasteiger partial charge in [-0.05, 0) is 37.8 Å². The van der Waals surface area contributed by atoms with Crippen molar-refractivity contribution >= 4 is 5.91 Å². The Kier molecular flexibility index (Phi) is 4.22. The fraction of sp³-hybridized carbons (Fsp3) is 0.533. The van der Waals surface area contributed by atoms with Crippen molar-refractivity contribution < 1.29 is 14.6 Å². The van der Waals surface area contributed by atoms with Gasteiger partial charge in [-0.2, -0.15) is 0 Å². The third kappa shape index (κ3) is 2.96. The van der Waals surface area contributed by atoms with Crippen LogP contribution in [-0.4, -0.2) is 36.4 Å². The first-order valence-corrected chi connectivity index (χ1v) is 6.65. The summed E-state index contributed by atoms with van der Waals surface area (Å²) in [6, 6.07) is 5.80. The maximum Gasteiger partial charge on any atom is 0.252 e. The molecule has 1 heterocycles. The second kappa shape index (κ2) is 5.72. The Balaban J connectivity index is 2.20. The van der Waals surface area contributed by atoms with E-state index in [9.17, 15) is 9.90 Å². The quantitative estimate of drug-likeness (QED) is 0.870. The van der Waals surface area contributed by atoms with Crippen LogP contribution >= 0.6 is 0 Å². The molecule has 1 fully saturated rings. The minimum atomic E-state index is -0.538. The summed E-state index contributed by atoms with van der Waals surface area (Å²) in [5.74, 6) is -0.105. The third-order valence-corrected chi connectivity index (χ3v) is 3.84. The van der Waals surface area contributed by atoms with Crippen LogP contribution in [0.15, 0.2) is 18.2 Å². The summed E-state index contributed by atoms with van der Waals surface area (Å²) < 4.78 is 5.30. The topological polar surface area (TPSA) is 58.6 Å². The average molecular weight is 263 g/mol. The Labute approximate surface area is 113 Å². The number of benzene rings is 1. The highest BCUT2D eigenvalue weighted by Gasteiger charge is 2.34. The minimum Gasteiger partial charge on any atom is -0.394 e. The number of aryl methyl sites for hydroxylation is 2. The van der Waals surface area contributed by atoms with E-state index in [1.807, 2.05) is 32.0 Å². The van der Waals surface area contributed by atoms with Crippen LogP contribution in [0.1, 0.15) is 34.3 Å². The molecule has 2 N–H and O–H groups in total. The number of amides is 1. The van der Waals surface area contributed by atoms with E-state index in [4.69, 9.17) is 4.74 Å². The first-order valence-electron chi connectivity index (χ1n) is 6.65. The molecule has 4 heteroatoms. The lowest BCUT2D eigenvalue weighted by atomic mass is 9.90. The fourth-order valence-corrected chi connectivity index (χ4v) is 2.56. The van der Waals surface area contributed by atoms with E-state index in [-0.39, 0.29) is 12.5 Å². The van der Waals surface area contributed by atoms with Crippen molar-refractivity contribution in [1.29, 1.82) is 0 Å². The van der Waals surface area contributed by atoms with Crippen LogP contribution in [0.3, 0.4) is 0 Å². The van der Waals surface area contributed by atoms with Crippen molar-refractivity contribution in [2.45, 2.75) is 32.2 Å². The number of hydrogen-bond acceptors (Lipinski definition) is 3. The zero-order valence-corrected chi connectivity index (χ0v) is 11.5. The molecule has 1 saturated heterocycles. The Hall–Kier alpha value is -1.39. The smallest absolute Gasteiger partial charge is 0.252 e. The van der Waals surface area contributed by atoms with Gasteiger partial charge in [-0.25, -0.2) is 0 Å². The van der Waals surface area contributed by atoms with E-state index >= 15 is 0 Å². The van der Waals surface area contributed by atoms with Crippen LogP contribution in [0.5, 0.6) is 0 Å². The SMILES string of the molecule is Cc1cccc(C)c1C(=O)NC1(CO)CCOCC1. The van der Waals surface area contributed by atoms with E-state index in [1.54, 1.807) is 0 Å². The van der Waals surface area contributed by atoms with E-state index in [0.717, 1.165) is 11.1 Å². The van der Waals surface area contributed by atoms with E-state index in [0.29, 0.717) is 31.6 Å². The highest BCUT2D eigenvalue weighted by atomic mass is 16.5. The molecule has 0 bridgehead atoms. The zero-order chi connectivity index (χ0) is 13.9. The third-order valence-electron chi connectivity index (χ3n) is 3.84. The van der Waals surface area contributed by atoms with Gasteiger partial charge in [0.25, 0.3) is 5.91 Å². The summed E-state index contributed by atoms with van der Waals surface area (Å²) in [7, 11) is 0. The van der Waals surface area contributed by atoms with Crippen LogP contribution in [0.2, 0.25) is 0 Å². The molecule has 104 valence electrons. The van der Waals surface area contributed by atoms with Crippen molar-refractivity contribution in [2.75, 3.05) is 19.8 Å². The van der Waals surface area contributed by atoms with E-state index in [2.05, 4.69) is 5.32 Å². The minimum absolute atomic E-state index is 0.0486. The number of rotatable bonds is 3. The predicted octanol–water partition coefficient (Wildman–Crippen LogP) is 1.57. The molecule has 0 atom stereocenters.